The van der Waals surface area contributed by atoms with Gasteiger partial charge in [0.1, 0.15) is 5.82 Å². The number of benzene rings is 2. The number of hydrogen-bond donors (Lipinski definition) is 1. The second-order valence-corrected chi connectivity index (χ2v) is 6.32. The molecule has 0 aliphatic rings. The fourth-order valence-electron chi connectivity index (χ4n) is 2.26. The van der Waals surface area contributed by atoms with Gasteiger partial charge in [-0.1, -0.05) is 52.7 Å². The molecule has 0 saturated carbocycles. The van der Waals surface area contributed by atoms with Crippen molar-refractivity contribution in [1.29, 1.82) is 0 Å². The molecule has 1 N–H and O–H groups in total. The number of nitrogens with one attached hydrogen (secondary N) is 1. The Bertz CT molecular complexity index is 603. The molecule has 0 saturated heterocycles. The Labute approximate surface area is 138 Å². The van der Waals surface area contributed by atoms with Gasteiger partial charge in [0.25, 0.3) is 0 Å². The highest BCUT2D eigenvalue weighted by molar-refractivity contribution is 9.10. The van der Waals surface area contributed by atoms with E-state index in [2.05, 4.69) is 28.2 Å². The zero-order chi connectivity index (χ0) is 15.2. The van der Waals surface area contributed by atoms with Gasteiger partial charge in [-0.05, 0) is 54.8 Å². The van der Waals surface area contributed by atoms with Crippen LogP contribution in [-0.4, -0.2) is 6.54 Å². The summed E-state index contributed by atoms with van der Waals surface area (Å²) >= 11 is 9.70. The molecule has 1 nitrogen and oxygen atoms in total. The van der Waals surface area contributed by atoms with E-state index < -0.39 is 0 Å². The summed E-state index contributed by atoms with van der Waals surface area (Å²) in [5.74, 6) is -0.210. The van der Waals surface area contributed by atoms with Crippen molar-refractivity contribution in [1.82, 2.24) is 5.32 Å². The zero-order valence-electron chi connectivity index (χ0n) is 11.9. The van der Waals surface area contributed by atoms with Gasteiger partial charge in [0.15, 0.2) is 0 Å². The Hall–Kier alpha value is -0.900. The van der Waals surface area contributed by atoms with E-state index in [-0.39, 0.29) is 11.9 Å². The summed E-state index contributed by atoms with van der Waals surface area (Å²) in [6.07, 6.45) is 1.76. The maximum absolute atomic E-state index is 13.5. The molecule has 0 heterocycles. The molecule has 0 aliphatic heterocycles. The van der Waals surface area contributed by atoms with E-state index in [1.807, 2.05) is 24.3 Å². The molecule has 0 aliphatic carbocycles. The van der Waals surface area contributed by atoms with Gasteiger partial charge in [0.2, 0.25) is 0 Å². The lowest BCUT2D eigenvalue weighted by Gasteiger charge is -2.20. The molecule has 1 unspecified atom stereocenters. The van der Waals surface area contributed by atoms with Gasteiger partial charge < -0.3 is 5.32 Å². The fraction of sp³-hybridized carbons (Fsp3) is 0.294. The van der Waals surface area contributed by atoms with Crippen LogP contribution in [0.25, 0.3) is 0 Å². The minimum atomic E-state index is -0.210. The second kappa shape index (κ2) is 7.92. The smallest absolute Gasteiger partial charge is 0.123 e. The van der Waals surface area contributed by atoms with Crippen molar-refractivity contribution >= 4 is 27.5 Å². The Morgan fingerprint density at radius 1 is 1.24 bits per heavy atom. The molecule has 2 aromatic carbocycles. The standard InChI is InChI=1S/C17H18BrClFN/c1-2-8-21-17(13-4-3-5-15(20)9-13)10-12-6-7-14(18)11-16(12)19/h3-7,9,11,17,21H,2,8,10H2,1H3. The van der Waals surface area contributed by atoms with Gasteiger partial charge in [0, 0.05) is 15.5 Å². The molecular weight excluding hydrogens is 353 g/mol. The Kier molecular flexibility index (Phi) is 6.22. The zero-order valence-corrected chi connectivity index (χ0v) is 14.2. The molecule has 0 bridgehead atoms. The van der Waals surface area contributed by atoms with Crippen LogP contribution in [0.3, 0.4) is 0 Å². The fourth-order valence-corrected chi connectivity index (χ4v) is 3.01. The molecule has 4 heteroatoms. The quantitative estimate of drug-likeness (QED) is 0.705. The SMILES string of the molecule is CCCNC(Cc1ccc(Br)cc1Cl)c1cccc(F)c1. The number of rotatable bonds is 6. The average molecular weight is 371 g/mol. The first-order valence-corrected chi connectivity index (χ1v) is 8.20. The van der Waals surface area contributed by atoms with E-state index in [0.717, 1.165) is 40.0 Å². The minimum absolute atomic E-state index is 0.0549. The summed E-state index contributed by atoms with van der Waals surface area (Å²) in [6.45, 7) is 3.00. The van der Waals surface area contributed by atoms with Crippen LogP contribution < -0.4 is 5.32 Å². The lowest BCUT2D eigenvalue weighted by molar-refractivity contribution is 0.524. The lowest BCUT2D eigenvalue weighted by Crippen LogP contribution is -2.24. The van der Waals surface area contributed by atoms with Gasteiger partial charge >= 0.3 is 0 Å². The van der Waals surface area contributed by atoms with Crippen LogP contribution in [0.2, 0.25) is 5.02 Å². The van der Waals surface area contributed by atoms with E-state index in [1.165, 1.54) is 6.07 Å². The van der Waals surface area contributed by atoms with Crippen LogP contribution in [0.5, 0.6) is 0 Å². The van der Waals surface area contributed by atoms with E-state index in [1.54, 1.807) is 12.1 Å². The summed E-state index contributed by atoms with van der Waals surface area (Å²) in [5, 5.41) is 4.19. The van der Waals surface area contributed by atoms with Crippen molar-refractivity contribution in [3.63, 3.8) is 0 Å². The summed E-state index contributed by atoms with van der Waals surface area (Å²) in [4.78, 5) is 0. The van der Waals surface area contributed by atoms with Gasteiger partial charge in [-0.2, -0.15) is 0 Å². The van der Waals surface area contributed by atoms with E-state index in [0.29, 0.717) is 0 Å². The van der Waals surface area contributed by atoms with Gasteiger partial charge in [0.05, 0.1) is 0 Å². The highest BCUT2D eigenvalue weighted by atomic mass is 79.9. The van der Waals surface area contributed by atoms with Crippen molar-refractivity contribution < 1.29 is 4.39 Å². The Morgan fingerprint density at radius 2 is 2.05 bits per heavy atom. The third-order valence-electron chi connectivity index (χ3n) is 3.33. The summed E-state index contributed by atoms with van der Waals surface area (Å²) in [6, 6.07) is 12.7. The normalized spacial score (nSPS) is 12.4. The highest BCUT2D eigenvalue weighted by Crippen LogP contribution is 2.26. The second-order valence-electron chi connectivity index (χ2n) is 5.00. The molecule has 2 aromatic rings. The van der Waals surface area contributed by atoms with E-state index >= 15 is 0 Å². The largest absolute Gasteiger partial charge is 0.310 e. The molecule has 1 atom stereocenters. The van der Waals surface area contributed by atoms with Crippen LogP contribution >= 0.6 is 27.5 Å². The first-order valence-electron chi connectivity index (χ1n) is 7.03. The summed E-state index contributed by atoms with van der Waals surface area (Å²) < 4.78 is 14.4. The van der Waals surface area contributed by atoms with Gasteiger partial charge in [-0.15, -0.1) is 0 Å². The van der Waals surface area contributed by atoms with Crippen LogP contribution in [0.1, 0.15) is 30.5 Å². The maximum atomic E-state index is 13.5. The van der Waals surface area contributed by atoms with Crippen molar-refractivity contribution in [2.24, 2.45) is 0 Å². The molecule has 112 valence electrons. The van der Waals surface area contributed by atoms with Crippen LogP contribution in [0, 0.1) is 5.82 Å². The van der Waals surface area contributed by atoms with Crippen LogP contribution in [0.15, 0.2) is 46.9 Å². The average Bonchev–Trinajstić information content (AvgIpc) is 2.45. The van der Waals surface area contributed by atoms with Gasteiger partial charge in [-0.25, -0.2) is 4.39 Å². The van der Waals surface area contributed by atoms with Crippen LogP contribution in [-0.2, 0) is 6.42 Å². The minimum Gasteiger partial charge on any atom is -0.310 e. The van der Waals surface area contributed by atoms with E-state index in [4.69, 9.17) is 11.6 Å². The van der Waals surface area contributed by atoms with Crippen LogP contribution in [0.4, 0.5) is 4.39 Å². The lowest BCUT2D eigenvalue weighted by atomic mass is 9.98. The molecule has 0 fully saturated rings. The Balaban J connectivity index is 2.23. The molecule has 0 spiro atoms. The van der Waals surface area contributed by atoms with Crippen molar-refractivity contribution in [3.05, 3.63) is 68.9 Å². The molecular formula is C17H18BrClFN. The van der Waals surface area contributed by atoms with E-state index in [9.17, 15) is 4.39 Å². The Morgan fingerprint density at radius 3 is 2.71 bits per heavy atom. The first kappa shape index (κ1) is 16.5. The molecule has 2 rings (SSSR count). The number of hydrogen-bond acceptors (Lipinski definition) is 1. The third-order valence-corrected chi connectivity index (χ3v) is 4.18. The van der Waals surface area contributed by atoms with Gasteiger partial charge in [-0.3, -0.25) is 0 Å². The predicted octanol–water partition coefficient (Wildman–Crippen LogP) is 5.53. The molecule has 21 heavy (non-hydrogen) atoms. The monoisotopic (exact) mass is 369 g/mol. The highest BCUT2D eigenvalue weighted by Gasteiger charge is 2.14. The molecule has 0 amide bonds. The summed E-state index contributed by atoms with van der Waals surface area (Å²) in [5.41, 5.74) is 2.00. The predicted molar refractivity (Wildman–Crippen MR) is 90.3 cm³/mol. The molecule has 0 aromatic heterocycles. The molecule has 0 radical (unpaired) electrons. The summed E-state index contributed by atoms with van der Waals surface area (Å²) in [7, 11) is 0. The topological polar surface area (TPSA) is 12.0 Å². The van der Waals surface area contributed by atoms with Crippen molar-refractivity contribution in [2.45, 2.75) is 25.8 Å². The number of halogens is 3. The maximum Gasteiger partial charge on any atom is 0.123 e. The van der Waals surface area contributed by atoms with Crippen molar-refractivity contribution in [3.8, 4) is 0 Å². The first-order chi connectivity index (χ1) is 10.1. The van der Waals surface area contributed by atoms with Crippen molar-refractivity contribution in [2.75, 3.05) is 6.54 Å². The third kappa shape index (κ3) is 4.80.